The normalized spacial score (nSPS) is 28.2. The van der Waals surface area contributed by atoms with Gasteiger partial charge < -0.3 is 10.1 Å². The molecule has 2 nitrogen and oxygen atoms in total. The SMILES string of the molecule is C1CCCCCC2(CCCCC1)CNCCO2. The predicted molar refractivity (Wildman–Crippen MR) is 72.3 cm³/mol. The average Bonchev–Trinajstić information content (AvgIpc) is 2.35. The molecule has 1 aliphatic carbocycles. The second-order valence-corrected chi connectivity index (χ2v) is 5.89. The van der Waals surface area contributed by atoms with Gasteiger partial charge in [0.25, 0.3) is 0 Å². The average molecular weight is 239 g/mol. The van der Waals surface area contributed by atoms with Crippen LogP contribution in [-0.2, 0) is 4.74 Å². The smallest absolute Gasteiger partial charge is 0.0806 e. The first kappa shape index (κ1) is 13.4. The van der Waals surface area contributed by atoms with Crippen LogP contribution in [0.2, 0.25) is 0 Å². The monoisotopic (exact) mass is 239 g/mol. The van der Waals surface area contributed by atoms with Gasteiger partial charge in [0.1, 0.15) is 0 Å². The highest BCUT2D eigenvalue weighted by molar-refractivity contribution is 4.86. The molecule has 0 amide bonds. The molecule has 2 fully saturated rings. The molecule has 0 aromatic carbocycles. The van der Waals surface area contributed by atoms with E-state index < -0.39 is 0 Å². The molecule has 0 atom stereocenters. The van der Waals surface area contributed by atoms with Crippen molar-refractivity contribution >= 4 is 0 Å². The van der Waals surface area contributed by atoms with E-state index in [1.807, 2.05) is 0 Å². The fourth-order valence-corrected chi connectivity index (χ4v) is 3.28. The summed E-state index contributed by atoms with van der Waals surface area (Å²) in [5, 5.41) is 3.53. The highest BCUT2D eigenvalue weighted by Crippen LogP contribution is 2.29. The lowest BCUT2D eigenvalue weighted by Crippen LogP contribution is -2.49. The van der Waals surface area contributed by atoms with Crippen molar-refractivity contribution < 1.29 is 4.74 Å². The van der Waals surface area contributed by atoms with E-state index in [-0.39, 0.29) is 5.60 Å². The van der Waals surface area contributed by atoms with Crippen molar-refractivity contribution in [1.29, 1.82) is 0 Å². The first-order valence-corrected chi connectivity index (χ1v) is 7.76. The molecular formula is C15H29NO. The van der Waals surface area contributed by atoms with Gasteiger partial charge in [-0.25, -0.2) is 0 Å². The third-order valence-corrected chi connectivity index (χ3v) is 4.40. The zero-order valence-corrected chi connectivity index (χ0v) is 11.3. The van der Waals surface area contributed by atoms with E-state index >= 15 is 0 Å². The van der Waals surface area contributed by atoms with E-state index in [2.05, 4.69) is 5.32 Å². The molecular weight excluding hydrogens is 210 g/mol. The van der Waals surface area contributed by atoms with Gasteiger partial charge in [-0.05, 0) is 12.8 Å². The number of rotatable bonds is 0. The highest BCUT2D eigenvalue weighted by atomic mass is 16.5. The molecule has 1 heterocycles. The van der Waals surface area contributed by atoms with Crippen LogP contribution in [0.1, 0.15) is 70.6 Å². The zero-order valence-electron chi connectivity index (χ0n) is 11.3. The molecule has 0 unspecified atom stereocenters. The lowest BCUT2D eigenvalue weighted by molar-refractivity contribution is -0.0792. The van der Waals surface area contributed by atoms with Crippen LogP contribution in [0.4, 0.5) is 0 Å². The predicted octanol–water partition coefficient (Wildman–Crippen LogP) is 3.65. The maximum Gasteiger partial charge on any atom is 0.0806 e. The van der Waals surface area contributed by atoms with Crippen molar-refractivity contribution in [2.75, 3.05) is 19.7 Å². The summed E-state index contributed by atoms with van der Waals surface area (Å²) in [6, 6.07) is 0. The van der Waals surface area contributed by atoms with E-state index in [0.717, 1.165) is 19.7 Å². The number of morpholine rings is 1. The first-order valence-electron chi connectivity index (χ1n) is 7.76. The van der Waals surface area contributed by atoms with Crippen LogP contribution in [-0.4, -0.2) is 25.3 Å². The Hall–Kier alpha value is -0.0800. The molecule has 1 aliphatic heterocycles. The van der Waals surface area contributed by atoms with E-state index in [9.17, 15) is 0 Å². The van der Waals surface area contributed by atoms with Gasteiger partial charge >= 0.3 is 0 Å². The van der Waals surface area contributed by atoms with Gasteiger partial charge in [0, 0.05) is 13.1 Å². The Kier molecular flexibility index (Phi) is 5.79. The third kappa shape index (κ3) is 4.59. The second-order valence-electron chi connectivity index (χ2n) is 5.89. The largest absolute Gasteiger partial charge is 0.372 e. The van der Waals surface area contributed by atoms with Crippen molar-refractivity contribution in [3.63, 3.8) is 0 Å². The Morgan fingerprint density at radius 1 is 0.706 bits per heavy atom. The maximum atomic E-state index is 6.15. The lowest BCUT2D eigenvalue weighted by Gasteiger charge is -2.38. The maximum absolute atomic E-state index is 6.15. The quantitative estimate of drug-likeness (QED) is 0.696. The molecule has 100 valence electrons. The lowest BCUT2D eigenvalue weighted by atomic mass is 9.87. The summed E-state index contributed by atoms with van der Waals surface area (Å²) in [5.41, 5.74) is 0.192. The number of hydrogen-bond acceptors (Lipinski definition) is 2. The van der Waals surface area contributed by atoms with Gasteiger partial charge in [-0.3, -0.25) is 0 Å². The molecule has 0 bridgehead atoms. The van der Waals surface area contributed by atoms with Crippen LogP contribution < -0.4 is 5.32 Å². The Labute approximate surface area is 107 Å². The Balaban J connectivity index is 1.83. The van der Waals surface area contributed by atoms with Gasteiger partial charge in [0.15, 0.2) is 0 Å². The van der Waals surface area contributed by atoms with Crippen LogP contribution in [0.3, 0.4) is 0 Å². The number of nitrogens with one attached hydrogen (secondary N) is 1. The fraction of sp³-hybridized carbons (Fsp3) is 1.00. The molecule has 17 heavy (non-hydrogen) atoms. The van der Waals surface area contributed by atoms with Gasteiger partial charge in [0.05, 0.1) is 12.2 Å². The van der Waals surface area contributed by atoms with Crippen molar-refractivity contribution in [2.45, 2.75) is 76.2 Å². The molecule has 1 saturated carbocycles. The van der Waals surface area contributed by atoms with E-state index in [1.54, 1.807) is 0 Å². The van der Waals surface area contributed by atoms with Gasteiger partial charge in [0.2, 0.25) is 0 Å². The number of ether oxygens (including phenoxy) is 1. The van der Waals surface area contributed by atoms with E-state index in [1.165, 1.54) is 70.6 Å². The van der Waals surface area contributed by atoms with Gasteiger partial charge in [-0.1, -0.05) is 57.8 Å². The summed E-state index contributed by atoms with van der Waals surface area (Å²) in [6.07, 6.45) is 15.3. The highest BCUT2D eigenvalue weighted by Gasteiger charge is 2.31. The zero-order chi connectivity index (χ0) is 11.8. The van der Waals surface area contributed by atoms with Crippen LogP contribution in [0.5, 0.6) is 0 Å². The van der Waals surface area contributed by atoms with Crippen molar-refractivity contribution in [1.82, 2.24) is 5.32 Å². The topological polar surface area (TPSA) is 21.3 Å². The van der Waals surface area contributed by atoms with Crippen LogP contribution in [0.25, 0.3) is 0 Å². The Morgan fingerprint density at radius 3 is 1.71 bits per heavy atom. The summed E-state index contributed by atoms with van der Waals surface area (Å²) in [6.45, 7) is 3.05. The molecule has 2 heteroatoms. The minimum Gasteiger partial charge on any atom is -0.372 e. The second kappa shape index (κ2) is 7.38. The third-order valence-electron chi connectivity index (χ3n) is 4.40. The molecule has 0 aromatic rings. The van der Waals surface area contributed by atoms with Gasteiger partial charge in [-0.2, -0.15) is 0 Å². The van der Waals surface area contributed by atoms with Crippen molar-refractivity contribution in [3.05, 3.63) is 0 Å². The fourth-order valence-electron chi connectivity index (χ4n) is 3.28. The first-order chi connectivity index (χ1) is 8.41. The molecule has 2 rings (SSSR count). The minimum absolute atomic E-state index is 0.192. The summed E-state index contributed by atoms with van der Waals surface area (Å²) >= 11 is 0. The van der Waals surface area contributed by atoms with Crippen molar-refractivity contribution in [2.24, 2.45) is 0 Å². The molecule has 1 saturated heterocycles. The van der Waals surface area contributed by atoms with Crippen LogP contribution >= 0.6 is 0 Å². The number of hydrogen-bond donors (Lipinski definition) is 1. The Morgan fingerprint density at radius 2 is 1.24 bits per heavy atom. The summed E-state index contributed by atoms with van der Waals surface area (Å²) in [4.78, 5) is 0. The summed E-state index contributed by atoms with van der Waals surface area (Å²) in [5.74, 6) is 0. The molecule has 0 aromatic heterocycles. The molecule has 1 N–H and O–H groups in total. The van der Waals surface area contributed by atoms with Gasteiger partial charge in [-0.15, -0.1) is 0 Å². The van der Waals surface area contributed by atoms with Crippen LogP contribution in [0.15, 0.2) is 0 Å². The molecule has 1 spiro atoms. The summed E-state index contributed by atoms with van der Waals surface area (Å²) in [7, 11) is 0. The van der Waals surface area contributed by atoms with E-state index in [4.69, 9.17) is 4.74 Å². The summed E-state index contributed by atoms with van der Waals surface area (Å²) < 4.78 is 6.15. The molecule has 2 aliphatic rings. The standard InChI is InChI=1S/C15H29NO/c1-2-4-6-8-10-15(11-9-7-5-3-1)14-16-12-13-17-15/h16H,1-14H2. The van der Waals surface area contributed by atoms with Crippen molar-refractivity contribution in [3.8, 4) is 0 Å². The van der Waals surface area contributed by atoms with E-state index in [0.29, 0.717) is 0 Å². The van der Waals surface area contributed by atoms with Crippen LogP contribution in [0, 0.1) is 0 Å². The Bertz CT molecular complexity index is 185. The minimum atomic E-state index is 0.192. The molecule has 0 radical (unpaired) electrons.